The molecule has 3 rings (SSSR count). The van der Waals surface area contributed by atoms with Crippen LogP contribution in [0.2, 0.25) is 0 Å². The largest absolute Gasteiger partial charge is 0.497 e. The SMILES string of the molecule is COc1cccc(C(=O)N/N=C\c2ccc(OC(=O)c3cccc(C)c3)cc2)c1. The summed E-state index contributed by atoms with van der Waals surface area (Å²) in [7, 11) is 1.54. The first-order valence-corrected chi connectivity index (χ1v) is 8.91. The molecule has 3 aromatic carbocycles. The van der Waals surface area contributed by atoms with Crippen molar-refractivity contribution >= 4 is 18.1 Å². The van der Waals surface area contributed by atoms with Gasteiger partial charge in [-0.05, 0) is 67.1 Å². The number of amides is 1. The molecular weight excluding hydrogens is 368 g/mol. The molecule has 0 saturated heterocycles. The molecule has 0 aliphatic carbocycles. The minimum atomic E-state index is -0.416. The maximum Gasteiger partial charge on any atom is 0.343 e. The molecule has 146 valence electrons. The molecule has 0 fully saturated rings. The van der Waals surface area contributed by atoms with Crippen LogP contribution < -0.4 is 14.9 Å². The zero-order chi connectivity index (χ0) is 20.6. The second-order valence-electron chi connectivity index (χ2n) is 6.26. The van der Waals surface area contributed by atoms with Crippen molar-refractivity contribution in [2.45, 2.75) is 6.92 Å². The molecule has 0 radical (unpaired) electrons. The van der Waals surface area contributed by atoms with Gasteiger partial charge < -0.3 is 9.47 Å². The number of aryl methyl sites for hydroxylation is 1. The number of ether oxygens (including phenoxy) is 2. The number of nitrogens with zero attached hydrogens (tertiary/aromatic N) is 1. The van der Waals surface area contributed by atoms with Crippen LogP contribution >= 0.6 is 0 Å². The third kappa shape index (κ3) is 5.52. The molecule has 29 heavy (non-hydrogen) atoms. The quantitative estimate of drug-likeness (QED) is 0.300. The number of carbonyl (C=O) groups is 2. The summed E-state index contributed by atoms with van der Waals surface area (Å²) in [5.74, 6) is 0.260. The summed E-state index contributed by atoms with van der Waals surface area (Å²) >= 11 is 0. The monoisotopic (exact) mass is 388 g/mol. The maximum atomic E-state index is 12.2. The fourth-order valence-electron chi connectivity index (χ4n) is 2.55. The second kappa shape index (κ2) is 9.32. The van der Waals surface area contributed by atoms with Gasteiger partial charge in [0.05, 0.1) is 18.9 Å². The molecule has 0 atom stereocenters. The van der Waals surface area contributed by atoms with E-state index >= 15 is 0 Å². The highest BCUT2D eigenvalue weighted by atomic mass is 16.5. The van der Waals surface area contributed by atoms with Crippen LogP contribution in [0.15, 0.2) is 77.9 Å². The van der Waals surface area contributed by atoms with Crippen LogP contribution in [0.3, 0.4) is 0 Å². The summed E-state index contributed by atoms with van der Waals surface area (Å²) in [5.41, 5.74) is 5.13. The lowest BCUT2D eigenvalue weighted by molar-refractivity contribution is 0.0734. The van der Waals surface area contributed by atoms with Crippen molar-refractivity contribution in [2.24, 2.45) is 5.10 Å². The maximum absolute atomic E-state index is 12.2. The van der Waals surface area contributed by atoms with E-state index in [4.69, 9.17) is 9.47 Å². The summed E-state index contributed by atoms with van der Waals surface area (Å²) in [4.78, 5) is 24.3. The Hall–Kier alpha value is -3.93. The van der Waals surface area contributed by atoms with Crippen molar-refractivity contribution in [1.82, 2.24) is 5.43 Å². The van der Waals surface area contributed by atoms with Gasteiger partial charge in [0.25, 0.3) is 5.91 Å². The Bertz CT molecular complexity index is 1040. The van der Waals surface area contributed by atoms with Gasteiger partial charge in [0.2, 0.25) is 0 Å². The van der Waals surface area contributed by atoms with Gasteiger partial charge in [-0.3, -0.25) is 4.79 Å². The Morgan fingerprint density at radius 3 is 2.34 bits per heavy atom. The number of hydrogen-bond acceptors (Lipinski definition) is 5. The Balaban J connectivity index is 1.57. The first-order valence-electron chi connectivity index (χ1n) is 8.91. The van der Waals surface area contributed by atoms with Crippen molar-refractivity contribution < 1.29 is 19.1 Å². The van der Waals surface area contributed by atoms with Crippen molar-refractivity contribution in [3.8, 4) is 11.5 Å². The number of benzene rings is 3. The Kier molecular flexibility index (Phi) is 6.37. The van der Waals surface area contributed by atoms with Gasteiger partial charge in [-0.15, -0.1) is 0 Å². The lowest BCUT2D eigenvalue weighted by Gasteiger charge is -2.05. The number of rotatable bonds is 6. The number of carbonyl (C=O) groups excluding carboxylic acids is 2. The highest BCUT2D eigenvalue weighted by Gasteiger charge is 2.08. The van der Waals surface area contributed by atoms with E-state index in [2.05, 4.69) is 10.5 Å². The Morgan fingerprint density at radius 2 is 1.62 bits per heavy atom. The van der Waals surface area contributed by atoms with Gasteiger partial charge >= 0.3 is 5.97 Å². The van der Waals surface area contributed by atoms with E-state index in [0.29, 0.717) is 22.6 Å². The van der Waals surface area contributed by atoms with Gasteiger partial charge in [-0.2, -0.15) is 5.10 Å². The zero-order valence-corrected chi connectivity index (χ0v) is 16.1. The Morgan fingerprint density at radius 1 is 0.897 bits per heavy atom. The van der Waals surface area contributed by atoms with Gasteiger partial charge in [-0.1, -0.05) is 23.8 Å². The van der Waals surface area contributed by atoms with Crippen LogP contribution in [0.25, 0.3) is 0 Å². The van der Waals surface area contributed by atoms with E-state index in [1.54, 1.807) is 60.7 Å². The third-order valence-corrected chi connectivity index (χ3v) is 4.06. The molecule has 0 aliphatic heterocycles. The fraction of sp³-hybridized carbons (Fsp3) is 0.0870. The summed E-state index contributed by atoms with van der Waals surface area (Å²) in [5, 5.41) is 3.95. The second-order valence-corrected chi connectivity index (χ2v) is 6.26. The number of hydrazone groups is 1. The average Bonchev–Trinajstić information content (AvgIpc) is 2.75. The number of hydrogen-bond donors (Lipinski definition) is 1. The predicted molar refractivity (Wildman–Crippen MR) is 111 cm³/mol. The van der Waals surface area contributed by atoms with Gasteiger partial charge in [0, 0.05) is 5.56 Å². The molecule has 3 aromatic rings. The Labute approximate surface area is 168 Å². The van der Waals surface area contributed by atoms with Gasteiger partial charge in [-0.25, -0.2) is 10.2 Å². The van der Waals surface area contributed by atoms with E-state index in [0.717, 1.165) is 11.1 Å². The average molecular weight is 388 g/mol. The molecule has 0 aliphatic rings. The van der Waals surface area contributed by atoms with E-state index in [9.17, 15) is 9.59 Å². The number of esters is 1. The van der Waals surface area contributed by atoms with Crippen LogP contribution in [0.4, 0.5) is 0 Å². The third-order valence-electron chi connectivity index (χ3n) is 4.06. The lowest BCUT2D eigenvalue weighted by Crippen LogP contribution is -2.17. The van der Waals surface area contributed by atoms with E-state index < -0.39 is 5.97 Å². The molecule has 0 saturated carbocycles. The molecule has 6 heteroatoms. The normalized spacial score (nSPS) is 10.6. The first kappa shape index (κ1) is 19.8. The van der Waals surface area contributed by atoms with E-state index in [1.807, 2.05) is 19.1 Å². The smallest absolute Gasteiger partial charge is 0.343 e. The van der Waals surface area contributed by atoms with E-state index in [-0.39, 0.29) is 5.91 Å². The molecule has 0 aromatic heterocycles. The molecule has 6 nitrogen and oxygen atoms in total. The summed E-state index contributed by atoms with van der Waals surface area (Å²) in [6, 6.07) is 20.8. The minimum Gasteiger partial charge on any atom is -0.497 e. The van der Waals surface area contributed by atoms with Crippen molar-refractivity contribution in [3.05, 3.63) is 95.1 Å². The van der Waals surface area contributed by atoms with Crippen LogP contribution in [-0.4, -0.2) is 25.2 Å². The molecule has 1 amide bonds. The first-order chi connectivity index (χ1) is 14.0. The van der Waals surface area contributed by atoms with Crippen LogP contribution in [0, 0.1) is 6.92 Å². The number of nitrogens with one attached hydrogen (secondary N) is 1. The van der Waals surface area contributed by atoms with Crippen molar-refractivity contribution in [1.29, 1.82) is 0 Å². The van der Waals surface area contributed by atoms with E-state index in [1.165, 1.54) is 13.3 Å². The molecule has 1 N–H and O–H groups in total. The van der Waals surface area contributed by atoms with Crippen LogP contribution in [-0.2, 0) is 0 Å². The minimum absolute atomic E-state index is 0.344. The summed E-state index contributed by atoms with van der Waals surface area (Å²) in [6.07, 6.45) is 1.50. The van der Waals surface area contributed by atoms with Crippen molar-refractivity contribution in [3.63, 3.8) is 0 Å². The predicted octanol–water partition coefficient (Wildman–Crippen LogP) is 3.99. The molecule has 0 bridgehead atoms. The van der Waals surface area contributed by atoms with Gasteiger partial charge in [0.15, 0.2) is 0 Å². The summed E-state index contributed by atoms with van der Waals surface area (Å²) < 4.78 is 10.5. The highest BCUT2D eigenvalue weighted by Crippen LogP contribution is 2.15. The van der Waals surface area contributed by atoms with Gasteiger partial charge in [0.1, 0.15) is 11.5 Å². The number of methoxy groups -OCH3 is 1. The molecular formula is C23H20N2O4. The van der Waals surface area contributed by atoms with Crippen molar-refractivity contribution in [2.75, 3.05) is 7.11 Å². The van der Waals surface area contributed by atoms with Crippen LogP contribution in [0.5, 0.6) is 11.5 Å². The highest BCUT2D eigenvalue weighted by molar-refractivity contribution is 5.95. The standard InChI is InChI=1S/C23H20N2O4/c1-16-5-3-7-19(13-16)23(27)29-20-11-9-17(10-12-20)15-24-25-22(26)18-6-4-8-21(14-18)28-2/h3-15H,1-2H3,(H,25,26)/b24-15-. The fourth-order valence-corrected chi connectivity index (χ4v) is 2.55. The zero-order valence-electron chi connectivity index (χ0n) is 16.1. The molecule has 0 spiro atoms. The molecule has 0 unspecified atom stereocenters. The topological polar surface area (TPSA) is 77.0 Å². The summed E-state index contributed by atoms with van der Waals surface area (Å²) in [6.45, 7) is 1.91. The lowest BCUT2D eigenvalue weighted by atomic mass is 10.1. The van der Waals surface area contributed by atoms with Crippen LogP contribution in [0.1, 0.15) is 31.8 Å². The molecule has 0 heterocycles.